The van der Waals surface area contributed by atoms with E-state index >= 15 is 0 Å². The Balaban J connectivity index is 0.000000159. The molecule has 1 fully saturated rings. The van der Waals surface area contributed by atoms with Crippen molar-refractivity contribution in [2.45, 2.75) is 78.6 Å². The van der Waals surface area contributed by atoms with Crippen LogP contribution in [0.2, 0.25) is 0 Å². The van der Waals surface area contributed by atoms with Crippen LogP contribution in [0, 0.1) is 20.8 Å². The normalized spacial score (nSPS) is 12.9. The van der Waals surface area contributed by atoms with E-state index in [1.54, 1.807) is 0 Å². The highest BCUT2D eigenvalue weighted by atomic mass is 14.4. The molecule has 72 heavy (non-hydrogen) atoms. The first-order valence-corrected chi connectivity index (χ1v) is 26.1. The molecule has 0 unspecified atom stereocenters. The van der Waals surface area contributed by atoms with Gasteiger partial charge in [-0.05, 0) is 158 Å². The minimum Gasteiger partial charge on any atom is -0.0651 e. The van der Waals surface area contributed by atoms with E-state index in [9.17, 15) is 0 Å². The summed E-state index contributed by atoms with van der Waals surface area (Å²) >= 11 is 0. The lowest BCUT2D eigenvalue weighted by Gasteiger charge is -2.22. The highest BCUT2D eigenvalue weighted by molar-refractivity contribution is 5.85. The third kappa shape index (κ3) is 10.5. The monoisotopic (exact) mass is 931 g/mol. The number of rotatable bonds is 9. The fourth-order valence-corrected chi connectivity index (χ4v) is 10.6. The van der Waals surface area contributed by atoms with Gasteiger partial charge >= 0.3 is 0 Å². The molecule has 2 aliphatic rings. The highest BCUT2D eigenvalue weighted by Crippen LogP contribution is 2.51. The Morgan fingerprint density at radius 3 is 1.31 bits per heavy atom. The molecule has 10 aromatic carbocycles. The van der Waals surface area contributed by atoms with E-state index < -0.39 is 0 Å². The summed E-state index contributed by atoms with van der Waals surface area (Å²) < 4.78 is 0. The van der Waals surface area contributed by atoms with Crippen molar-refractivity contribution in [3.05, 3.63) is 276 Å². The van der Waals surface area contributed by atoms with Gasteiger partial charge in [0.1, 0.15) is 0 Å². The second-order valence-corrected chi connectivity index (χ2v) is 20.5. The number of hydrogen-bond donors (Lipinski definition) is 0. The lowest BCUT2D eigenvalue weighted by atomic mass is 9.81. The van der Waals surface area contributed by atoms with Crippen LogP contribution >= 0.6 is 0 Å². The first kappa shape index (κ1) is 47.9. The summed E-state index contributed by atoms with van der Waals surface area (Å²) in [6.07, 6.45) is 5.02. The molecule has 0 atom stereocenters. The number of benzene rings is 10. The Kier molecular flexibility index (Phi) is 14.1. The SMILES string of the molecule is CCCc1ccccc1.Cc1ccc(-c2ccc(-c3ccc(-c4ccc(-c5cccc(-c6ccccc6C)c5C5CC5)cc4)cc3)cc2)cc1.Cc1ccc2c(c1)C(C)(C)c1cc(-c3ccccc3)ccc1-2. The summed E-state index contributed by atoms with van der Waals surface area (Å²) in [6.45, 7) is 13.4. The van der Waals surface area contributed by atoms with Crippen LogP contribution in [0.15, 0.2) is 237 Å². The largest absolute Gasteiger partial charge is 0.0651 e. The van der Waals surface area contributed by atoms with Gasteiger partial charge in [0.25, 0.3) is 0 Å². The number of fused-ring (bicyclic) bond motifs is 3. The lowest BCUT2D eigenvalue weighted by Crippen LogP contribution is -2.15. The molecular weight excluding hydrogens is 865 g/mol. The van der Waals surface area contributed by atoms with Crippen molar-refractivity contribution in [1.29, 1.82) is 0 Å². The van der Waals surface area contributed by atoms with Crippen molar-refractivity contribution in [2.24, 2.45) is 0 Å². The van der Waals surface area contributed by atoms with Crippen LogP contribution in [0.1, 0.15) is 84.9 Å². The molecule has 12 rings (SSSR count). The molecular formula is C72H66. The van der Waals surface area contributed by atoms with E-state index in [1.165, 1.54) is 143 Å². The molecule has 0 heteroatoms. The summed E-state index contributed by atoms with van der Waals surface area (Å²) in [4.78, 5) is 0. The molecule has 0 amide bonds. The van der Waals surface area contributed by atoms with E-state index in [0.29, 0.717) is 5.92 Å². The predicted octanol–water partition coefficient (Wildman–Crippen LogP) is 20.1. The molecule has 0 aliphatic heterocycles. The molecule has 0 aromatic heterocycles. The van der Waals surface area contributed by atoms with Crippen LogP contribution in [-0.2, 0) is 11.8 Å². The fourth-order valence-electron chi connectivity index (χ4n) is 10.6. The standard InChI is InChI=1S/C41H34.C22H20.C9H12/c1-28-10-12-30(13-11-28)31-14-16-32(17-15-31)33-18-20-34(21-19-33)35-22-24-36(25-23-35)39-8-5-9-40(41(39)37-26-27-37)38-7-4-3-6-29(38)2;1-15-9-11-18-19-12-10-17(16-7-5-4-6-8-16)14-21(19)22(2,3)20(18)13-15;1-2-6-9-7-4-3-5-8-9/h3-25,37H,26-27H2,1-2H3;4-14H,1-3H3;3-5,7-8H,2,6H2,1H3. The van der Waals surface area contributed by atoms with Crippen LogP contribution in [0.3, 0.4) is 0 Å². The van der Waals surface area contributed by atoms with E-state index in [1.807, 2.05) is 0 Å². The Hall–Kier alpha value is -7.80. The zero-order valence-corrected chi connectivity index (χ0v) is 42.9. The van der Waals surface area contributed by atoms with Gasteiger partial charge in [-0.1, -0.05) is 269 Å². The molecule has 0 heterocycles. The molecule has 0 radical (unpaired) electrons. The Morgan fingerprint density at radius 2 is 0.764 bits per heavy atom. The van der Waals surface area contributed by atoms with Crippen LogP contribution in [0.4, 0.5) is 0 Å². The topological polar surface area (TPSA) is 0 Å². The zero-order chi connectivity index (χ0) is 49.6. The second-order valence-electron chi connectivity index (χ2n) is 20.5. The highest BCUT2D eigenvalue weighted by Gasteiger charge is 2.35. The molecule has 0 nitrogen and oxygen atoms in total. The first-order chi connectivity index (χ1) is 35.1. The Labute approximate surface area is 429 Å². The molecule has 0 spiro atoms. The maximum absolute atomic E-state index is 2.38. The quantitative estimate of drug-likeness (QED) is 0.135. The summed E-state index contributed by atoms with van der Waals surface area (Å²) in [7, 11) is 0. The van der Waals surface area contributed by atoms with Crippen LogP contribution in [0.25, 0.3) is 77.9 Å². The second kappa shape index (κ2) is 21.3. The van der Waals surface area contributed by atoms with Gasteiger partial charge in [0.2, 0.25) is 0 Å². The van der Waals surface area contributed by atoms with Gasteiger partial charge in [-0.15, -0.1) is 0 Å². The van der Waals surface area contributed by atoms with Gasteiger partial charge in [0, 0.05) is 5.41 Å². The number of aryl methyl sites for hydroxylation is 4. The van der Waals surface area contributed by atoms with Crippen molar-refractivity contribution < 1.29 is 0 Å². The van der Waals surface area contributed by atoms with Crippen molar-refractivity contribution in [1.82, 2.24) is 0 Å². The van der Waals surface area contributed by atoms with Gasteiger partial charge in [-0.2, -0.15) is 0 Å². The number of hydrogen-bond acceptors (Lipinski definition) is 0. The van der Waals surface area contributed by atoms with E-state index in [2.05, 4.69) is 278 Å². The third-order valence-electron chi connectivity index (χ3n) is 14.9. The van der Waals surface area contributed by atoms with E-state index in [-0.39, 0.29) is 5.41 Å². The zero-order valence-electron chi connectivity index (χ0n) is 42.9. The fraction of sp³-hybridized carbons (Fsp3) is 0.167. The molecule has 10 aromatic rings. The van der Waals surface area contributed by atoms with Gasteiger partial charge in [0.05, 0.1) is 0 Å². The summed E-state index contributed by atoms with van der Waals surface area (Å²) in [5, 5.41) is 0. The summed E-state index contributed by atoms with van der Waals surface area (Å²) in [5.41, 5.74) is 28.2. The molecule has 354 valence electrons. The maximum atomic E-state index is 2.38. The van der Waals surface area contributed by atoms with Gasteiger partial charge in [-0.25, -0.2) is 0 Å². The minimum atomic E-state index is 0.0709. The molecule has 0 bridgehead atoms. The van der Waals surface area contributed by atoms with Gasteiger partial charge in [0.15, 0.2) is 0 Å². The van der Waals surface area contributed by atoms with Gasteiger partial charge < -0.3 is 0 Å². The molecule has 2 aliphatic carbocycles. The summed E-state index contributed by atoms with van der Waals surface area (Å²) in [6, 6.07) is 86.3. The minimum absolute atomic E-state index is 0.0709. The molecule has 1 saturated carbocycles. The average molecular weight is 931 g/mol. The van der Waals surface area contributed by atoms with Crippen molar-refractivity contribution in [2.75, 3.05) is 0 Å². The van der Waals surface area contributed by atoms with Crippen LogP contribution < -0.4 is 0 Å². The molecule has 0 N–H and O–H groups in total. The first-order valence-electron chi connectivity index (χ1n) is 26.1. The van der Waals surface area contributed by atoms with Crippen LogP contribution in [-0.4, -0.2) is 0 Å². The Bertz CT molecular complexity index is 3410. The predicted molar refractivity (Wildman–Crippen MR) is 310 cm³/mol. The third-order valence-corrected chi connectivity index (χ3v) is 14.9. The maximum Gasteiger partial charge on any atom is 0.0159 e. The van der Waals surface area contributed by atoms with Crippen molar-refractivity contribution in [3.8, 4) is 77.9 Å². The summed E-state index contributed by atoms with van der Waals surface area (Å²) in [5.74, 6) is 0.666. The van der Waals surface area contributed by atoms with Crippen molar-refractivity contribution >= 4 is 0 Å². The van der Waals surface area contributed by atoms with Gasteiger partial charge in [-0.3, -0.25) is 0 Å². The van der Waals surface area contributed by atoms with E-state index in [4.69, 9.17) is 0 Å². The smallest absolute Gasteiger partial charge is 0.0159 e. The Morgan fingerprint density at radius 1 is 0.347 bits per heavy atom. The van der Waals surface area contributed by atoms with Crippen LogP contribution in [0.5, 0.6) is 0 Å². The average Bonchev–Trinajstić information content (AvgIpc) is 4.25. The van der Waals surface area contributed by atoms with E-state index in [0.717, 1.165) is 0 Å². The lowest BCUT2D eigenvalue weighted by molar-refractivity contribution is 0.660. The molecule has 0 saturated heterocycles. The van der Waals surface area contributed by atoms with Crippen molar-refractivity contribution in [3.63, 3.8) is 0 Å².